The predicted molar refractivity (Wildman–Crippen MR) is 125 cm³/mol. The summed E-state index contributed by atoms with van der Waals surface area (Å²) in [7, 11) is 0. The van der Waals surface area contributed by atoms with Crippen LogP contribution >= 0.6 is 11.3 Å². The molecule has 6 nitrogen and oxygen atoms in total. The van der Waals surface area contributed by atoms with Crippen LogP contribution in [0.3, 0.4) is 0 Å². The number of Topliss-reactive ketones (excluding diaryl/α,β-unsaturated/α-hetero) is 1. The van der Waals surface area contributed by atoms with E-state index in [1.165, 1.54) is 16.7 Å². The highest BCUT2D eigenvalue weighted by atomic mass is 32.1. The predicted octanol–water partition coefficient (Wildman–Crippen LogP) is 5.41. The van der Waals surface area contributed by atoms with Gasteiger partial charge < -0.3 is 4.74 Å². The fourth-order valence-corrected chi connectivity index (χ4v) is 4.33. The second-order valence-corrected chi connectivity index (χ2v) is 8.71. The van der Waals surface area contributed by atoms with Gasteiger partial charge in [0.25, 0.3) is 5.56 Å². The van der Waals surface area contributed by atoms with Crippen LogP contribution in [-0.2, 0) is 19.2 Å². The molecule has 0 bridgehead atoms. The molecular formula is C25H20F3N3O3S. The Morgan fingerprint density at radius 3 is 2.51 bits per heavy atom. The highest BCUT2D eigenvalue weighted by Crippen LogP contribution is 2.28. The van der Waals surface area contributed by atoms with E-state index in [1.54, 1.807) is 19.2 Å². The number of aryl methyl sites for hydroxylation is 2. The summed E-state index contributed by atoms with van der Waals surface area (Å²) < 4.78 is 45.0. The Balaban J connectivity index is 1.42. The van der Waals surface area contributed by atoms with E-state index in [2.05, 4.69) is 9.97 Å². The first-order valence-corrected chi connectivity index (χ1v) is 11.4. The van der Waals surface area contributed by atoms with Crippen molar-refractivity contribution in [3.05, 3.63) is 105 Å². The lowest BCUT2D eigenvalue weighted by molar-refractivity contribution is -0.141. The standard InChI is InChI=1S/C25H20F3N3O3S/c1-16-23(20(32)9-7-17-8-10-21(29-14-17)25(26,27)28)35-24(30-16)31-12-11-19(13-22(31)33)34-15-18-5-3-2-4-6-18/h2-6,8,10-14H,7,9,15H2,1H3. The molecule has 0 spiro atoms. The number of hydrogen-bond acceptors (Lipinski definition) is 6. The molecule has 0 fully saturated rings. The van der Waals surface area contributed by atoms with Gasteiger partial charge in [-0.2, -0.15) is 13.2 Å². The Morgan fingerprint density at radius 1 is 1.09 bits per heavy atom. The van der Waals surface area contributed by atoms with E-state index >= 15 is 0 Å². The average molecular weight is 500 g/mol. The zero-order valence-electron chi connectivity index (χ0n) is 18.6. The lowest BCUT2D eigenvalue weighted by atomic mass is 10.1. The number of pyridine rings is 2. The second kappa shape index (κ2) is 10.2. The first-order valence-electron chi connectivity index (χ1n) is 10.6. The number of thiazole rings is 1. The number of hydrogen-bond donors (Lipinski definition) is 0. The SMILES string of the molecule is Cc1nc(-n2ccc(OCc3ccccc3)cc2=O)sc1C(=O)CCc1ccc(C(F)(F)F)nc1. The molecule has 0 aliphatic heterocycles. The number of ketones is 1. The molecule has 35 heavy (non-hydrogen) atoms. The summed E-state index contributed by atoms with van der Waals surface area (Å²) in [5, 5.41) is 0.349. The summed E-state index contributed by atoms with van der Waals surface area (Å²) in [6, 6.07) is 14.8. The van der Waals surface area contributed by atoms with Crippen LogP contribution < -0.4 is 10.3 Å². The largest absolute Gasteiger partial charge is 0.489 e. The Hall–Kier alpha value is -3.79. The summed E-state index contributed by atoms with van der Waals surface area (Å²) in [5.74, 6) is 0.215. The van der Waals surface area contributed by atoms with Crippen molar-refractivity contribution in [1.82, 2.24) is 14.5 Å². The number of carbonyl (C=O) groups is 1. The molecule has 0 amide bonds. The number of ether oxygens (including phenoxy) is 1. The Kier molecular flexibility index (Phi) is 7.11. The van der Waals surface area contributed by atoms with Crippen molar-refractivity contribution in [2.24, 2.45) is 0 Å². The molecule has 10 heteroatoms. The molecule has 0 unspecified atom stereocenters. The van der Waals surface area contributed by atoms with Crippen molar-refractivity contribution < 1.29 is 22.7 Å². The van der Waals surface area contributed by atoms with Crippen LogP contribution in [0.15, 0.2) is 71.8 Å². The summed E-state index contributed by atoms with van der Waals surface area (Å²) >= 11 is 1.09. The number of nitrogens with zero attached hydrogens (tertiary/aromatic N) is 3. The highest BCUT2D eigenvalue weighted by Gasteiger charge is 2.32. The van der Waals surface area contributed by atoms with Gasteiger partial charge >= 0.3 is 6.18 Å². The fraction of sp³-hybridized carbons (Fsp3) is 0.200. The maximum atomic E-state index is 12.7. The van der Waals surface area contributed by atoms with Crippen molar-refractivity contribution >= 4 is 17.1 Å². The van der Waals surface area contributed by atoms with Crippen molar-refractivity contribution in [3.8, 4) is 10.9 Å². The first-order chi connectivity index (χ1) is 16.7. The second-order valence-electron chi connectivity index (χ2n) is 7.73. The van der Waals surface area contributed by atoms with Crippen molar-refractivity contribution in [3.63, 3.8) is 0 Å². The zero-order valence-corrected chi connectivity index (χ0v) is 19.4. The summed E-state index contributed by atoms with van der Waals surface area (Å²) in [4.78, 5) is 33.5. The van der Waals surface area contributed by atoms with Gasteiger partial charge in [0.1, 0.15) is 18.1 Å². The number of carbonyl (C=O) groups excluding carboxylic acids is 1. The van der Waals surface area contributed by atoms with Crippen molar-refractivity contribution in [2.45, 2.75) is 32.5 Å². The minimum Gasteiger partial charge on any atom is -0.489 e. The minimum absolute atomic E-state index is 0.0800. The fourth-order valence-electron chi connectivity index (χ4n) is 3.30. The number of alkyl halides is 3. The van der Waals surface area contributed by atoms with Gasteiger partial charge in [0.05, 0.1) is 10.6 Å². The van der Waals surface area contributed by atoms with Gasteiger partial charge in [0, 0.05) is 24.9 Å². The molecule has 3 aromatic heterocycles. The van der Waals surface area contributed by atoms with Gasteiger partial charge in [-0.05, 0) is 36.6 Å². The van der Waals surface area contributed by atoms with Crippen LogP contribution in [0.5, 0.6) is 5.75 Å². The third kappa shape index (κ3) is 6.02. The van der Waals surface area contributed by atoms with Gasteiger partial charge in [-0.3, -0.25) is 19.1 Å². The van der Waals surface area contributed by atoms with E-state index in [1.807, 2.05) is 30.3 Å². The van der Waals surface area contributed by atoms with Crippen molar-refractivity contribution in [1.29, 1.82) is 0 Å². The molecule has 0 saturated heterocycles. The number of halogens is 3. The monoisotopic (exact) mass is 499 g/mol. The quantitative estimate of drug-likeness (QED) is 0.303. The van der Waals surface area contributed by atoms with E-state index in [9.17, 15) is 22.8 Å². The van der Waals surface area contributed by atoms with Crippen molar-refractivity contribution in [2.75, 3.05) is 0 Å². The van der Waals surface area contributed by atoms with Gasteiger partial charge in [-0.15, -0.1) is 0 Å². The minimum atomic E-state index is -4.51. The Labute approximate surface area is 202 Å². The van der Waals surface area contributed by atoms with Crippen LogP contribution in [-0.4, -0.2) is 20.3 Å². The van der Waals surface area contributed by atoms with E-state index in [-0.39, 0.29) is 24.2 Å². The van der Waals surface area contributed by atoms with E-state index < -0.39 is 11.9 Å². The lowest BCUT2D eigenvalue weighted by Gasteiger charge is -2.07. The van der Waals surface area contributed by atoms with Gasteiger partial charge in [0.15, 0.2) is 10.9 Å². The molecule has 180 valence electrons. The maximum Gasteiger partial charge on any atom is 0.433 e. The molecule has 4 rings (SSSR count). The molecule has 0 aliphatic rings. The van der Waals surface area contributed by atoms with E-state index in [0.29, 0.717) is 33.6 Å². The molecule has 0 saturated carbocycles. The molecule has 0 N–H and O–H groups in total. The molecule has 0 radical (unpaired) electrons. The Morgan fingerprint density at radius 2 is 1.86 bits per heavy atom. The van der Waals surface area contributed by atoms with E-state index in [0.717, 1.165) is 29.2 Å². The van der Waals surface area contributed by atoms with Crippen LogP contribution in [0.4, 0.5) is 13.2 Å². The third-order valence-electron chi connectivity index (χ3n) is 5.14. The lowest BCUT2D eigenvalue weighted by Crippen LogP contribution is -2.16. The van der Waals surface area contributed by atoms with Crippen LogP contribution in [0, 0.1) is 6.92 Å². The molecule has 1 aromatic carbocycles. The van der Waals surface area contributed by atoms with Crippen LogP contribution in [0.2, 0.25) is 0 Å². The maximum absolute atomic E-state index is 12.7. The van der Waals surface area contributed by atoms with Gasteiger partial charge in [-0.25, -0.2) is 4.98 Å². The summed E-state index contributed by atoms with van der Waals surface area (Å²) in [6.45, 7) is 2.00. The third-order valence-corrected chi connectivity index (χ3v) is 6.34. The summed E-state index contributed by atoms with van der Waals surface area (Å²) in [5.41, 5.74) is 0.659. The average Bonchev–Trinajstić information content (AvgIpc) is 3.23. The first kappa shape index (κ1) is 24.3. The highest BCUT2D eigenvalue weighted by molar-refractivity contribution is 7.16. The number of aromatic nitrogens is 3. The smallest absolute Gasteiger partial charge is 0.433 e. The van der Waals surface area contributed by atoms with Gasteiger partial charge in [0.2, 0.25) is 0 Å². The number of benzene rings is 1. The normalized spacial score (nSPS) is 11.4. The number of rotatable bonds is 8. The molecule has 0 atom stereocenters. The van der Waals surface area contributed by atoms with E-state index in [4.69, 9.17) is 4.74 Å². The molecular weight excluding hydrogens is 479 g/mol. The Bertz CT molecular complexity index is 1380. The van der Waals surface area contributed by atoms with Crippen LogP contribution in [0.1, 0.15) is 38.6 Å². The van der Waals surface area contributed by atoms with Crippen LogP contribution in [0.25, 0.3) is 5.13 Å². The molecule has 3 heterocycles. The zero-order chi connectivity index (χ0) is 25.0. The van der Waals surface area contributed by atoms with Gasteiger partial charge in [-0.1, -0.05) is 47.7 Å². The molecule has 0 aliphatic carbocycles. The summed E-state index contributed by atoms with van der Waals surface area (Å²) in [6.07, 6.45) is -1.51. The molecule has 4 aromatic rings. The topological polar surface area (TPSA) is 74.1 Å².